The number of rotatable bonds is 2. The number of hydrogen-bond acceptors (Lipinski definition) is 3. The summed E-state index contributed by atoms with van der Waals surface area (Å²) in [7, 11) is 1.43. The van der Waals surface area contributed by atoms with Crippen molar-refractivity contribution in [3.05, 3.63) is 29.6 Å². The van der Waals surface area contributed by atoms with E-state index in [4.69, 9.17) is 15.7 Å². The SMILES string of the molecule is COc1ccc(/C(N)=N/O)c(F)c1. The van der Waals surface area contributed by atoms with Crippen LogP contribution >= 0.6 is 0 Å². The van der Waals surface area contributed by atoms with E-state index < -0.39 is 5.82 Å². The molecule has 5 heteroatoms. The standard InChI is InChI=1S/C8H9FN2O2/c1-13-5-2-3-6(7(9)4-5)8(10)11-12/h2-4,12H,1H3,(H2,10,11). The first-order valence-electron chi connectivity index (χ1n) is 3.50. The molecule has 0 aliphatic heterocycles. The molecule has 70 valence electrons. The minimum atomic E-state index is -0.588. The van der Waals surface area contributed by atoms with Crippen LogP contribution in [-0.2, 0) is 0 Å². The van der Waals surface area contributed by atoms with Gasteiger partial charge in [-0.1, -0.05) is 5.16 Å². The summed E-state index contributed by atoms with van der Waals surface area (Å²) in [6, 6.07) is 4.06. The van der Waals surface area contributed by atoms with Gasteiger partial charge in [0, 0.05) is 6.07 Å². The van der Waals surface area contributed by atoms with Gasteiger partial charge in [-0.25, -0.2) is 4.39 Å². The van der Waals surface area contributed by atoms with Crippen molar-refractivity contribution in [2.75, 3.05) is 7.11 Å². The molecule has 0 aliphatic rings. The molecule has 0 aliphatic carbocycles. The van der Waals surface area contributed by atoms with E-state index in [0.717, 1.165) is 6.07 Å². The fourth-order valence-electron chi connectivity index (χ4n) is 0.884. The van der Waals surface area contributed by atoms with E-state index in [1.165, 1.54) is 19.2 Å². The van der Waals surface area contributed by atoms with Gasteiger partial charge in [-0.3, -0.25) is 0 Å². The van der Waals surface area contributed by atoms with Crippen LogP contribution in [0.3, 0.4) is 0 Å². The van der Waals surface area contributed by atoms with Gasteiger partial charge in [0.1, 0.15) is 11.6 Å². The molecule has 0 fully saturated rings. The molecule has 0 heterocycles. The van der Waals surface area contributed by atoms with Crippen LogP contribution in [0, 0.1) is 5.82 Å². The molecule has 0 radical (unpaired) electrons. The third-order valence-corrected chi connectivity index (χ3v) is 1.56. The average Bonchev–Trinajstić information content (AvgIpc) is 2.16. The second-order valence-corrected chi connectivity index (χ2v) is 2.33. The third-order valence-electron chi connectivity index (χ3n) is 1.56. The molecule has 1 rings (SSSR count). The van der Waals surface area contributed by atoms with E-state index in [2.05, 4.69) is 5.16 Å². The maximum absolute atomic E-state index is 13.1. The lowest BCUT2D eigenvalue weighted by atomic mass is 10.2. The van der Waals surface area contributed by atoms with Crippen LogP contribution in [0.15, 0.2) is 23.4 Å². The second-order valence-electron chi connectivity index (χ2n) is 2.33. The number of methoxy groups -OCH3 is 1. The Morgan fingerprint density at radius 1 is 1.62 bits per heavy atom. The van der Waals surface area contributed by atoms with Gasteiger partial charge < -0.3 is 15.7 Å². The van der Waals surface area contributed by atoms with E-state index in [0.29, 0.717) is 5.75 Å². The van der Waals surface area contributed by atoms with Crippen LogP contribution in [-0.4, -0.2) is 18.2 Å². The number of nitrogens with zero attached hydrogens (tertiary/aromatic N) is 1. The van der Waals surface area contributed by atoms with Crippen molar-refractivity contribution >= 4 is 5.84 Å². The minimum Gasteiger partial charge on any atom is -0.497 e. The number of halogens is 1. The number of benzene rings is 1. The molecule has 1 aromatic rings. The molecule has 1 aromatic carbocycles. The van der Waals surface area contributed by atoms with Crippen LogP contribution in [0.2, 0.25) is 0 Å². The fourth-order valence-corrected chi connectivity index (χ4v) is 0.884. The smallest absolute Gasteiger partial charge is 0.173 e. The van der Waals surface area contributed by atoms with Gasteiger partial charge in [0.2, 0.25) is 0 Å². The van der Waals surface area contributed by atoms with Crippen molar-refractivity contribution in [2.24, 2.45) is 10.9 Å². The summed E-state index contributed by atoms with van der Waals surface area (Å²) in [5.74, 6) is -0.471. The zero-order chi connectivity index (χ0) is 9.84. The van der Waals surface area contributed by atoms with Gasteiger partial charge in [0.25, 0.3) is 0 Å². The maximum atomic E-state index is 13.1. The Labute approximate surface area is 74.4 Å². The molecule has 13 heavy (non-hydrogen) atoms. The molecule has 0 aromatic heterocycles. The lowest BCUT2D eigenvalue weighted by Crippen LogP contribution is -2.14. The number of nitrogens with two attached hydrogens (primary N) is 1. The van der Waals surface area contributed by atoms with Crippen LogP contribution < -0.4 is 10.5 Å². The third kappa shape index (κ3) is 1.87. The Hall–Kier alpha value is -1.78. The Balaban J connectivity index is 3.12. The van der Waals surface area contributed by atoms with Crippen LogP contribution in [0.25, 0.3) is 0 Å². The summed E-state index contributed by atoms with van der Waals surface area (Å²) in [6.45, 7) is 0. The topological polar surface area (TPSA) is 67.8 Å². The summed E-state index contributed by atoms with van der Waals surface area (Å²) in [5.41, 5.74) is 5.25. The molecule has 0 atom stereocenters. The number of ether oxygens (including phenoxy) is 1. The molecule has 3 N–H and O–H groups in total. The van der Waals surface area contributed by atoms with Gasteiger partial charge in [0.05, 0.1) is 12.7 Å². The fraction of sp³-hybridized carbons (Fsp3) is 0.125. The van der Waals surface area contributed by atoms with E-state index in [-0.39, 0.29) is 11.4 Å². The molecule has 0 saturated heterocycles. The van der Waals surface area contributed by atoms with Crippen molar-refractivity contribution in [1.82, 2.24) is 0 Å². The normalized spacial score (nSPS) is 11.4. The minimum absolute atomic E-state index is 0.0447. The van der Waals surface area contributed by atoms with Crippen LogP contribution in [0.5, 0.6) is 5.75 Å². The van der Waals surface area contributed by atoms with Crippen LogP contribution in [0.4, 0.5) is 4.39 Å². The Morgan fingerprint density at radius 3 is 2.77 bits per heavy atom. The maximum Gasteiger partial charge on any atom is 0.173 e. The van der Waals surface area contributed by atoms with Gasteiger partial charge in [-0.05, 0) is 12.1 Å². The molecular formula is C8H9FN2O2. The molecule has 0 saturated carbocycles. The Morgan fingerprint density at radius 2 is 2.31 bits per heavy atom. The van der Waals surface area contributed by atoms with Crippen molar-refractivity contribution in [1.29, 1.82) is 0 Å². The van der Waals surface area contributed by atoms with Crippen molar-refractivity contribution < 1.29 is 14.3 Å². The van der Waals surface area contributed by atoms with E-state index >= 15 is 0 Å². The summed E-state index contributed by atoms with van der Waals surface area (Å²) < 4.78 is 17.9. The highest BCUT2D eigenvalue weighted by Gasteiger charge is 2.07. The van der Waals surface area contributed by atoms with E-state index in [1.54, 1.807) is 0 Å². The van der Waals surface area contributed by atoms with Gasteiger partial charge in [-0.2, -0.15) is 0 Å². The van der Waals surface area contributed by atoms with E-state index in [1.807, 2.05) is 0 Å². The summed E-state index contributed by atoms with van der Waals surface area (Å²) >= 11 is 0. The van der Waals surface area contributed by atoms with Gasteiger partial charge in [-0.15, -0.1) is 0 Å². The zero-order valence-corrected chi connectivity index (χ0v) is 6.99. The first kappa shape index (κ1) is 9.31. The summed E-state index contributed by atoms with van der Waals surface area (Å²) in [6.07, 6.45) is 0. The number of amidine groups is 1. The van der Waals surface area contributed by atoms with Crippen LogP contribution in [0.1, 0.15) is 5.56 Å². The largest absolute Gasteiger partial charge is 0.497 e. The molecule has 4 nitrogen and oxygen atoms in total. The summed E-state index contributed by atoms with van der Waals surface area (Å²) in [5, 5.41) is 11.0. The predicted octanol–water partition coefficient (Wildman–Crippen LogP) is 0.929. The Bertz CT molecular complexity index is 339. The van der Waals surface area contributed by atoms with Crippen molar-refractivity contribution in [2.45, 2.75) is 0 Å². The highest BCUT2D eigenvalue weighted by molar-refractivity contribution is 5.97. The summed E-state index contributed by atoms with van der Waals surface area (Å²) in [4.78, 5) is 0. The van der Waals surface area contributed by atoms with Crippen molar-refractivity contribution in [3.8, 4) is 5.75 Å². The second kappa shape index (κ2) is 3.75. The molecule has 0 amide bonds. The van der Waals surface area contributed by atoms with Gasteiger partial charge in [0.15, 0.2) is 5.84 Å². The van der Waals surface area contributed by atoms with E-state index in [9.17, 15) is 4.39 Å². The lowest BCUT2D eigenvalue weighted by Gasteiger charge is -2.03. The van der Waals surface area contributed by atoms with Crippen molar-refractivity contribution in [3.63, 3.8) is 0 Å². The highest BCUT2D eigenvalue weighted by atomic mass is 19.1. The quantitative estimate of drug-likeness (QED) is 0.311. The average molecular weight is 184 g/mol. The number of oxime groups is 1. The first-order chi connectivity index (χ1) is 6.19. The molecular weight excluding hydrogens is 175 g/mol. The monoisotopic (exact) mass is 184 g/mol. The lowest BCUT2D eigenvalue weighted by molar-refractivity contribution is 0.318. The highest BCUT2D eigenvalue weighted by Crippen LogP contribution is 2.15. The molecule has 0 bridgehead atoms. The first-order valence-corrected chi connectivity index (χ1v) is 3.50. The molecule has 0 spiro atoms. The molecule has 0 unspecified atom stereocenters. The van der Waals surface area contributed by atoms with Gasteiger partial charge >= 0.3 is 0 Å². The predicted molar refractivity (Wildman–Crippen MR) is 45.5 cm³/mol. The zero-order valence-electron chi connectivity index (χ0n) is 6.99. The number of hydrogen-bond donors (Lipinski definition) is 2. The Kier molecular flexibility index (Phi) is 2.69.